The fourth-order valence-electron chi connectivity index (χ4n) is 7.19. The van der Waals surface area contributed by atoms with Crippen molar-refractivity contribution in [2.45, 2.75) is 45.1 Å². The van der Waals surface area contributed by atoms with Crippen molar-refractivity contribution in [1.82, 2.24) is 14.8 Å². The van der Waals surface area contributed by atoms with Crippen LogP contribution < -0.4 is 4.74 Å². The van der Waals surface area contributed by atoms with Gasteiger partial charge in [0.25, 0.3) is 5.91 Å². The van der Waals surface area contributed by atoms with Crippen molar-refractivity contribution in [3.63, 3.8) is 0 Å². The van der Waals surface area contributed by atoms with Gasteiger partial charge in [-0.2, -0.15) is 0 Å². The van der Waals surface area contributed by atoms with Gasteiger partial charge in [0, 0.05) is 37.1 Å². The Morgan fingerprint density at radius 2 is 1.67 bits per heavy atom. The average Bonchev–Trinajstić information content (AvgIpc) is 3.35. The molecule has 1 aromatic heterocycles. The molecule has 33 heavy (non-hydrogen) atoms. The van der Waals surface area contributed by atoms with Crippen LogP contribution in [-0.4, -0.2) is 52.8 Å². The van der Waals surface area contributed by atoms with Crippen LogP contribution in [0.15, 0.2) is 35.2 Å². The normalized spacial score (nSPS) is 30.5. The minimum Gasteiger partial charge on any atom is -0.487 e. The molecule has 7 heteroatoms. The predicted molar refractivity (Wildman–Crippen MR) is 126 cm³/mol. The quantitative estimate of drug-likeness (QED) is 0.663. The Kier molecular flexibility index (Phi) is 5.40. The fourth-order valence-corrected chi connectivity index (χ4v) is 7.73. The third kappa shape index (κ3) is 4.05. The molecule has 0 atom stereocenters. The summed E-state index contributed by atoms with van der Waals surface area (Å²) in [5, 5.41) is 1.96. The maximum Gasteiger partial charge on any atom is 0.254 e. The summed E-state index contributed by atoms with van der Waals surface area (Å²) in [5.74, 6) is 3.38. The molecule has 5 aliphatic rings. The van der Waals surface area contributed by atoms with Crippen molar-refractivity contribution in [1.29, 1.82) is 0 Å². The van der Waals surface area contributed by atoms with Gasteiger partial charge in [0.2, 0.25) is 5.91 Å². The number of ether oxygens (including phenoxy) is 1. The highest BCUT2D eigenvalue weighted by atomic mass is 32.1. The maximum absolute atomic E-state index is 13.6. The van der Waals surface area contributed by atoms with Crippen LogP contribution in [0.5, 0.6) is 5.75 Å². The molecule has 0 unspecified atom stereocenters. The Morgan fingerprint density at radius 3 is 2.30 bits per heavy atom. The van der Waals surface area contributed by atoms with E-state index in [4.69, 9.17) is 4.74 Å². The van der Waals surface area contributed by atoms with Gasteiger partial charge >= 0.3 is 0 Å². The number of carbonyl (C=O) groups is 2. The Balaban J connectivity index is 1.07. The fraction of sp³-hybridized carbons (Fsp3) is 0.577. The second kappa shape index (κ2) is 8.42. The largest absolute Gasteiger partial charge is 0.487 e. The molecule has 174 valence electrons. The average molecular weight is 466 g/mol. The number of piperazine rings is 1. The zero-order chi connectivity index (χ0) is 22.4. The van der Waals surface area contributed by atoms with E-state index in [0.29, 0.717) is 50.0 Å². The van der Waals surface area contributed by atoms with Gasteiger partial charge in [0.1, 0.15) is 12.4 Å². The highest BCUT2D eigenvalue weighted by Gasteiger charge is 2.55. The van der Waals surface area contributed by atoms with Gasteiger partial charge in [-0.3, -0.25) is 9.59 Å². The highest BCUT2D eigenvalue weighted by molar-refractivity contribution is 7.07. The van der Waals surface area contributed by atoms with Gasteiger partial charge in [-0.25, -0.2) is 4.98 Å². The van der Waals surface area contributed by atoms with Crippen molar-refractivity contribution in [2.75, 3.05) is 26.2 Å². The molecule has 7 rings (SSSR count). The number of carbonyl (C=O) groups excluding carboxylic acids is 2. The monoisotopic (exact) mass is 465 g/mol. The molecular formula is C26H31N3O3S. The molecule has 4 aliphatic carbocycles. The van der Waals surface area contributed by atoms with Crippen LogP contribution in [0, 0.1) is 23.2 Å². The lowest BCUT2D eigenvalue weighted by molar-refractivity contribution is -0.159. The SMILES string of the molecule is O=C(c1cccc(OCc2cscn2)c1)N1CCN(C(=O)C23CC4CC(CC(C4)C2)C3)CC1. The number of thiazole rings is 1. The van der Waals surface area contributed by atoms with E-state index < -0.39 is 0 Å². The van der Waals surface area contributed by atoms with Gasteiger partial charge in [-0.05, 0) is 74.5 Å². The molecule has 0 N–H and O–H groups in total. The molecule has 2 heterocycles. The molecule has 1 saturated heterocycles. The number of benzene rings is 1. The highest BCUT2D eigenvalue weighted by Crippen LogP contribution is 2.60. The molecule has 1 aliphatic heterocycles. The molecule has 0 spiro atoms. The van der Waals surface area contributed by atoms with Gasteiger partial charge < -0.3 is 14.5 Å². The van der Waals surface area contributed by atoms with Crippen LogP contribution >= 0.6 is 11.3 Å². The number of nitrogens with zero attached hydrogens (tertiary/aromatic N) is 3. The lowest BCUT2D eigenvalue weighted by Crippen LogP contribution is -2.58. The predicted octanol–water partition coefficient (Wildman–Crippen LogP) is 4.22. The zero-order valence-corrected chi connectivity index (χ0v) is 19.8. The van der Waals surface area contributed by atoms with Crippen LogP contribution in [0.25, 0.3) is 0 Å². The molecule has 5 fully saturated rings. The number of hydrogen-bond donors (Lipinski definition) is 0. The van der Waals surface area contributed by atoms with Crippen LogP contribution in [0.2, 0.25) is 0 Å². The second-order valence-electron chi connectivity index (χ2n) is 10.6. The van der Waals surface area contributed by atoms with Crippen LogP contribution in [0.4, 0.5) is 0 Å². The van der Waals surface area contributed by atoms with E-state index in [0.717, 1.165) is 42.7 Å². The first-order chi connectivity index (χ1) is 16.1. The molecule has 2 amide bonds. The van der Waals surface area contributed by atoms with Crippen molar-refractivity contribution >= 4 is 23.2 Å². The number of aromatic nitrogens is 1. The molecular weight excluding hydrogens is 434 g/mol. The third-order valence-electron chi connectivity index (χ3n) is 8.30. The first kappa shape index (κ1) is 21.1. The maximum atomic E-state index is 13.6. The summed E-state index contributed by atoms with van der Waals surface area (Å²) in [7, 11) is 0. The van der Waals surface area contributed by atoms with Crippen LogP contribution in [-0.2, 0) is 11.4 Å². The van der Waals surface area contributed by atoms with Crippen LogP contribution in [0.1, 0.15) is 54.6 Å². The first-order valence-corrected chi connectivity index (χ1v) is 13.2. The summed E-state index contributed by atoms with van der Waals surface area (Å²) >= 11 is 1.54. The van der Waals surface area contributed by atoms with Gasteiger partial charge in [-0.15, -0.1) is 11.3 Å². The minimum absolute atomic E-state index is 0.0102. The number of rotatable bonds is 5. The van der Waals surface area contributed by atoms with E-state index in [1.54, 1.807) is 5.51 Å². The second-order valence-corrected chi connectivity index (χ2v) is 11.3. The van der Waals surface area contributed by atoms with Gasteiger partial charge in [0.05, 0.1) is 16.6 Å². The molecule has 2 aromatic rings. The lowest BCUT2D eigenvalue weighted by atomic mass is 9.49. The van der Waals surface area contributed by atoms with Gasteiger partial charge in [0.15, 0.2) is 0 Å². The van der Waals surface area contributed by atoms with Crippen molar-refractivity contribution < 1.29 is 14.3 Å². The van der Waals surface area contributed by atoms with E-state index in [1.807, 2.05) is 34.5 Å². The smallest absolute Gasteiger partial charge is 0.254 e. The molecule has 1 aromatic carbocycles. The summed E-state index contributed by atoms with van der Waals surface area (Å²) < 4.78 is 5.81. The number of amides is 2. The van der Waals surface area contributed by atoms with Crippen molar-refractivity contribution in [3.8, 4) is 5.75 Å². The summed E-state index contributed by atoms with van der Waals surface area (Å²) in [6.07, 6.45) is 7.35. The summed E-state index contributed by atoms with van der Waals surface area (Å²) in [6, 6.07) is 7.37. The Labute approximate surface area is 198 Å². The molecule has 6 nitrogen and oxygen atoms in total. The first-order valence-electron chi connectivity index (χ1n) is 12.3. The summed E-state index contributed by atoms with van der Waals surface area (Å²) in [4.78, 5) is 34.9. The zero-order valence-electron chi connectivity index (χ0n) is 18.9. The van der Waals surface area contributed by atoms with E-state index in [9.17, 15) is 9.59 Å². The molecule has 0 radical (unpaired) electrons. The minimum atomic E-state index is -0.0933. The Bertz CT molecular complexity index is 994. The van der Waals surface area contributed by atoms with Gasteiger partial charge in [-0.1, -0.05) is 6.07 Å². The Morgan fingerprint density at radius 1 is 1.00 bits per heavy atom. The molecule has 4 bridgehead atoms. The Hall–Kier alpha value is -2.41. The summed E-state index contributed by atoms with van der Waals surface area (Å²) in [6.45, 7) is 2.88. The molecule has 4 saturated carbocycles. The van der Waals surface area contributed by atoms with E-state index >= 15 is 0 Å². The lowest BCUT2D eigenvalue weighted by Gasteiger charge is -2.57. The third-order valence-corrected chi connectivity index (χ3v) is 8.93. The van der Waals surface area contributed by atoms with Crippen molar-refractivity contribution in [3.05, 3.63) is 46.4 Å². The van der Waals surface area contributed by atoms with E-state index in [2.05, 4.69) is 9.88 Å². The number of hydrogen-bond acceptors (Lipinski definition) is 5. The van der Waals surface area contributed by atoms with E-state index in [1.165, 1.54) is 30.6 Å². The topological polar surface area (TPSA) is 62.7 Å². The summed E-state index contributed by atoms with van der Waals surface area (Å²) in [5.41, 5.74) is 3.21. The van der Waals surface area contributed by atoms with E-state index in [-0.39, 0.29) is 11.3 Å². The van der Waals surface area contributed by atoms with Crippen LogP contribution in [0.3, 0.4) is 0 Å². The van der Waals surface area contributed by atoms with Crippen molar-refractivity contribution in [2.24, 2.45) is 23.2 Å². The standard InChI is InChI=1S/C26H31N3O3S/c30-24(21-2-1-3-23(11-21)32-15-22-16-33-17-27-22)28-4-6-29(7-5-28)25(31)26-12-18-8-19(13-26)10-20(9-18)14-26/h1-3,11,16-20H,4-10,12-15H2.